The van der Waals surface area contributed by atoms with Crippen LogP contribution < -0.4 is 4.90 Å². The van der Waals surface area contributed by atoms with Crippen LogP contribution in [0.3, 0.4) is 0 Å². The fraction of sp³-hybridized carbons (Fsp3) is 0.0204. The van der Waals surface area contributed by atoms with Gasteiger partial charge >= 0.3 is 0 Å². The van der Waals surface area contributed by atoms with E-state index in [2.05, 4.69) is 227 Å². The fourth-order valence-corrected chi connectivity index (χ4v) is 8.54. The van der Waals surface area contributed by atoms with E-state index < -0.39 is 5.41 Å². The summed E-state index contributed by atoms with van der Waals surface area (Å²) in [5, 5.41) is 0. The van der Waals surface area contributed by atoms with Crippen molar-refractivity contribution < 1.29 is 0 Å². The van der Waals surface area contributed by atoms with Crippen molar-refractivity contribution >= 4 is 33.0 Å². The van der Waals surface area contributed by atoms with Gasteiger partial charge in [0.05, 0.1) is 5.41 Å². The molecule has 0 N–H and O–H groups in total. The summed E-state index contributed by atoms with van der Waals surface area (Å²) in [6, 6.07) is 74.7. The van der Waals surface area contributed by atoms with Crippen LogP contribution in [-0.4, -0.2) is 0 Å². The zero-order chi connectivity index (χ0) is 34.2. The monoisotopic (exact) mass is 715 g/mol. The van der Waals surface area contributed by atoms with Gasteiger partial charge in [0.15, 0.2) is 0 Å². The van der Waals surface area contributed by atoms with Gasteiger partial charge in [0.25, 0.3) is 0 Å². The number of hydrogen-bond donors (Lipinski definition) is 0. The Balaban J connectivity index is 1.22. The van der Waals surface area contributed by atoms with Gasteiger partial charge in [0.2, 0.25) is 0 Å². The summed E-state index contributed by atoms with van der Waals surface area (Å²) in [7, 11) is 0. The molecule has 0 bridgehead atoms. The highest BCUT2D eigenvalue weighted by molar-refractivity contribution is 9.10. The van der Waals surface area contributed by atoms with Crippen LogP contribution in [0.15, 0.2) is 211 Å². The maximum Gasteiger partial charge on any atom is 0.0724 e. The van der Waals surface area contributed by atoms with E-state index in [1.807, 2.05) is 0 Å². The Morgan fingerprint density at radius 2 is 0.784 bits per heavy atom. The van der Waals surface area contributed by atoms with E-state index in [0.29, 0.717) is 0 Å². The predicted octanol–water partition coefficient (Wildman–Crippen LogP) is 13.6. The van der Waals surface area contributed by atoms with Crippen molar-refractivity contribution in [2.24, 2.45) is 0 Å². The molecule has 0 atom stereocenters. The van der Waals surface area contributed by atoms with Gasteiger partial charge in [-0.15, -0.1) is 0 Å². The number of benzene rings is 8. The van der Waals surface area contributed by atoms with Gasteiger partial charge in [0, 0.05) is 21.5 Å². The first-order valence-electron chi connectivity index (χ1n) is 17.4. The van der Waals surface area contributed by atoms with E-state index in [0.717, 1.165) is 21.5 Å². The van der Waals surface area contributed by atoms with Crippen molar-refractivity contribution in [3.8, 4) is 33.4 Å². The second-order valence-corrected chi connectivity index (χ2v) is 13.9. The van der Waals surface area contributed by atoms with Gasteiger partial charge < -0.3 is 4.90 Å². The topological polar surface area (TPSA) is 3.24 Å². The number of fused-ring (bicyclic) bond motifs is 3. The van der Waals surface area contributed by atoms with Gasteiger partial charge in [-0.05, 0) is 98.1 Å². The zero-order valence-electron chi connectivity index (χ0n) is 28.0. The van der Waals surface area contributed by atoms with Crippen LogP contribution in [0.1, 0.15) is 22.3 Å². The van der Waals surface area contributed by atoms with Crippen LogP contribution in [0.25, 0.3) is 33.4 Å². The Morgan fingerprint density at radius 1 is 0.333 bits per heavy atom. The molecule has 0 amide bonds. The summed E-state index contributed by atoms with van der Waals surface area (Å²) < 4.78 is 1.10. The summed E-state index contributed by atoms with van der Waals surface area (Å²) in [6.07, 6.45) is 0. The third-order valence-electron chi connectivity index (χ3n) is 10.2. The molecule has 1 nitrogen and oxygen atoms in total. The van der Waals surface area contributed by atoms with Crippen molar-refractivity contribution in [1.29, 1.82) is 0 Å². The molecule has 0 heterocycles. The molecule has 0 saturated heterocycles. The van der Waals surface area contributed by atoms with Crippen molar-refractivity contribution in [3.63, 3.8) is 0 Å². The maximum atomic E-state index is 3.98. The smallest absolute Gasteiger partial charge is 0.0724 e. The zero-order valence-corrected chi connectivity index (χ0v) is 29.5. The van der Waals surface area contributed by atoms with Crippen LogP contribution in [0.2, 0.25) is 0 Å². The number of hydrogen-bond acceptors (Lipinski definition) is 1. The van der Waals surface area contributed by atoms with Crippen LogP contribution in [-0.2, 0) is 5.41 Å². The summed E-state index contributed by atoms with van der Waals surface area (Å²) in [4.78, 5) is 2.37. The summed E-state index contributed by atoms with van der Waals surface area (Å²) in [5.41, 5.74) is 15.2. The Morgan fingerprint density at radius 3 is 1.37 bits per heavy atom. The Bertz CT molecular complexity index is 2420. The van der Waals surface area contributed by atoms with Crippen molar-refractivity contribution in [2.75, 3.05) is 4.90 Å². The average molecular weight is 717 g/mol. The Kier molecular flexibility index (Phi) is 7.95. The Hall–Kier alpha value is -5.96. The van der Waals surface area contributed by atoms with E-state index in [1.54, 1.807) is 0 Å². The van der Waals surface area contributed by atoms with Crippen molar-refractivity contribution in [3.05, 3.63) is 233 Å². The first-order valence-corrected chi connectivity index (χ1v) is 18.2. The third-order valence-corrected chi connectivity index (χ3v) is 10.9. The molecule has 2 heteroatoms. The molecule has 1 aliphatic carbocycles. The van der Waals surface area contributed by atoms with E-state index in [9.17, 15) is 0 Å². The van der Waals surface area contributed by atoms with Gasteiger partial charge in [-0.3, -0.25) is 0 Å². The number of nitrogens with zero attached hydrogens (tertiary/aromatic N) is 1. The van der Waals surface area contributed by atoms with Gasteiger partial charge in [0.1, 0.15) is 0 Å². The lowest BCUT2D eigenvalue weighted by molar-refractivity contribution is 0.764. The number of halogens is 1. The van der Waals surface area contributed by atoms with Gasteiger partial charge in [-0.25, -0.2) is 0 Å². The maximum absolute atomic E-state index is 3.98. The molecule has 0 radical (unpaired) electrons. The van der Waals surface area contributed by atoms with Gasteiger partial charge in [-0.1, -0.05) is 180 Å². The summed E-state index contributed by atoms with van der Waals surface area (Å²) in [5.74, 6) is 0. The third kappa shape index (κ3) is 5.31. The minimum atomic E-state index is -0.485. The molecule has 1 aliphatic rings. The SMILES string of the molecule is Brc1ccccc1C1(c2ccc(N(c3ccc(-c4ccccc4)cc3)c3cccc(-c4ccccc4)c3)cc2)c2ccccc2-c2ccccc21. The lowest BCUT2D eigenvalue weighted by atomic mass is 9.67. The first-order chi connectivity index (χ1) is 25.2. The highest BCUT2D eigenvalue weighted by atomic mass is 79.9. The molecular weight excluding hydrogens is 682 g/mol. The lowest BCUT2D eigenvalue weighted by Crippen LogP contribution is -2.29. The molecular formula is C49H34BrN. The highest BCUT2D eigenvalue weighted by Crippen LogP contribution is 2.57. The van der Waals surface area contributed by atoms with E-state index in [1.165, 1.54) is 55.6 Å². The average Bonchev–Trinajstić information content (AvgIpc) is 3.50. The molecule has 0 aromatic heterocycles. The molecule has 242 valence electrons. The van der Waals surface area contributed by atoms with Crippen LogP contribution in [0, 0.1) is 0 Å². The van der Waals surface area contributed by atoms with Crippen molar-refractivity contribution in [1.82, 2.24) is 0 Å². The molecule has 0 unspecified atom stereocenters. The second kappa shape index (κ2) is 13.1. The predicted molar refractivity (Wildman–Crippen MR) is 217 cm³/mol. The van der Waals surface area contributed by atoms with Crippen LogP contribution in [0.5, 0.6) is 0 Å². The van der Waals surface area contributed by atoms with Crippen molar-refractivity contribution in [2.45, 2.75) is 5.41 Å². The normalized spacial score (nSPS) is 12.6. The van der Waals surface area contributed by atoms with Crippen LogP contribution >= 0.6 is 15.9 Å². The lowest BCUT2D eigenvalue weighted by Gasteiger charge is -2.35. The quantitative estimate of drug-likeness (QED) is 0.159. The molecule has 0 saturated carbocycles. The summed E-state index contributed by atoms with van der Waals surface area (Å²) in [6.45, 7) is 0. The number of rotatable bonds is 7. The molecule has 8 aromatic rings. The molecule has 9 rings (SSSR count). The second-order valence-electron chi connectivity index (χ2n) is 13.0. The molecule has 8 aromatic carbocycles. The highest BCUT2D eigenvalue weighted by Gasteiger charge is 2.46. The van der Waals surface area contributed by atoms with E-state index in [4.69, 9.17) is 0 Å². The molecule has 0 fully saturated rings. The standard InChI is InChI=1S/C49H34BrN/c50-48-25-12-11-24-47(48)49(45-22-9-7-20-43(45)44-21-8-10-23-46(44)49)39-28-32-41(33-29-39)51(40-30-26-37(27-31-40)35-14-3-1-4-15-35)42-19-13-18-38(34-42)36-16-5-2-6-17-36/h1-34H. The summed E-state index contributed by atoms with van der Waals surface area (Å²) >= 11 is 3.98. The fourth-order valence-electron chi connectivity index (χ4n) is 7.95. The Labute approximate surface area is 308 Å². The van der Waals surface area contributed by atoms with Gasteiger partial charge in [-0.2, -0.15) is 0 Å². The van der Waals surface area contributed by atoms with E-state index in [-0.39, 0.29) is 0 Å². The largest absolute Gasteiger partial charge is 0.310 e. The molecule has 0 aliphatic heterocycles. The molecule has 0 spiro atoms. The van der Waals surface area contributed by atoms with E-state index >= 15 is 0 Å². The number of anilines is 3. The molecule has 51 heavy (non-hydrogen) atoms. The minimum Gasteiger partial charge on any atom is -0.310 e. The first kappa shape index (κ1) is 31.1. The van der Waals surface area contributed by atoms with Crippen LogP contribution in [0.4, 0.5) is 17.1 Å². The minimum absolute atomic E-state index is 0.485.